The minimum Gasteiger partial charge on any atom is -0.475 e. The van der Waals surface area contributed by atoms with Crippen LogP contribution in [-0.4, -0.2) is 63.6 Å². The molecule has 19 heteroatoms. The minimum atomic E-state index is -5.08. The van der Waals surface area contributed by atoms with Crippen molar-refractivity contribution in [2.45, 2.75) is 18.5 Å². The Hall–Kier alpha value is -3.28. The maximum Gasteiger partial charge on any atom is 0.490 e. The molecule has 0 aromatic rings. The first kappa shape index (κ1) is 31.5. The summed E-state index contributed by atoms with van der Waals surface area (Å²) in [5.41, 5.74) is 8.64. The second-order valence-electron chi connectivity index (χ2n) is 3.14. The fourth-order valence-electron chi connectivity index (χ4n) is 0. The zero-order valence-corrected chi connectivity index (χ0v) is 11.9. The number of carboxylic acid groups (broad SMARTS) is 3. The lowest BCUT2D eigenvalue weighted by Gasteiger charge is -1.93. The smallest absolute Gasteiger partial charge is 0.475 e. The number of hydrogen-bond donors (Lipinski definition) is 5. The molecule has 0 aromatic carbocycles. The first-order chi connectivity index (χ1) is 11.5. The number of nitrogens with two attached hydrogens (primary N) is 2. The zero-order chi connectivity index (χ0) is 23.4. The number of carboxylic acids is 3. The van der Waals surface area contributed by atoms with Crippen LogP contribution in [0.15, 0.2) is 0 Å². The van der Waals surface area contributed by atoms with Crippen LogP contribution in [0.5, 0.6) is 0 Å². The average Bonchev–Trinajstić information content (AvgIpc) is 2.36. The summed E-state index contributed by atoms with van der Waals surface area (Å²) in [4.78, 5) is 45.6. The van der Waals surface area contributed by atoms with Gasteiger partial charge in [-0.2, -0.15) is 39.5 Å². The summed E-state index contributed by atoms with van der Waals surface area (Å²) in [6.07, 6.45) is -15.3. The average molecular weight is 430 g/mol. The third kappa shape index (κ3) is 27.8. The van der Waals surface area contributed by atoms with E-state index in [-0.39, 0.29) is 0 Å². The van der Waals surface area contributed by atoms with Gasteiger partial charge in [-0.25, -0.2) is 14.4 Å². The van der Waals surface area contributed by atoms with Crippen molar-refractivity contribution in [3.8, 4) is 0 Å². The van der Waals surface area contributed by atoms with Crippen molar-refractivity contribution in [1.29, 1.82) is 0 Å². The lowest BCUT2D eigenvalue weighted by Crippen LogP contribution is -2.29. The molecule has 0 spiro atoms. The molecule has 0 heterocycles. The molecule has 27 heavy (non-hydrogen) atoms. The summed E-state index contributed by atoms with van der Waals surface area (Å²) in [7, 11) is 0. The molecule has 0 aliphatic carbocycles. The lowest BCUT2D eigenvalue weighted by atomic mass is 10.6. The molecule has 0 unspecified atom stereocenters. The molecular formula is C8H7F9N2O8. The van der Waals surface area contributed by atoms with Crippen molar-refractivity contribution in [3.63, 3.8) is 0 Å². The Morgan fingerprint density at radius 1 is 0.481 bits per heavy atom. The van der Waals surface area contributed by atoms with Crippen LogP contribution in [0.3, 0.4) is 0 Å². The molecule has 0 saturated heterocycles. The second kappa shape index (κ2) is 12.1. The molecule has 2 amide bonds. The molecule has 7 N–H and O–H groups in total. The second-order valence-corrected chi connectivity index (χ2v) is 3.14. The standard InChI is InChI=1S/3C2HF3O2.C2H4N2O2/c3*3-2(4,5)1(6)7;3-1(5)2(4)6/h3*(H,6,7);(H2,3,5)(H2,4,6). The van der Waals surface area contributed by atoms with Crippen LogP contribution in [-0.2, 0) is 24.0 Å². The maximum atomic E-state index is 10.6. The Morgan fingerprint density at radius 2 is 0.556 bits per heavy atom. The fourth-order valence-corrected chi connectivity index (χ4v) is 0. The summed E-state index contributed by atoms with van der Waals surface area (Å²) in [5, 5.41) is 21.4. The minimum absolute atomic E-state index is 1.10. The van der Waals surface area contributed by atoms with Gasteiger partial charge in [-0.1, -0.05) is 0 Å². The van der Waals surface area contributed by atoms with Gasteiger partial charge in [0.05, 0.1) is 0 Å². The molecule has 0 aliphatic heterocycles. The number of carbonyl (C=O) groups is 5. The van der Waals surface area contributed by atoms with Gasteiger partial charge in [0.1, 0.15) is 0 Å². The monoisotopic (exact) mass is 430 g/mol. The van der Waals surface area contributed by atoms with Crippen LogP contribution in [0, 0.1) is 0 Å². The van der Waals surface area contributed by atoms with E-state index in [1.807, 2.05) is 0 Å². The van der Waals surface area contributed by atoms with Gasteiger partial charge in [0.2, 0.25) is 0 Å². The molecule has 0 fully saturated rings. The highest BCUT2D eigenvalue weighted by Crippen LogP contribution is 2.14. The molecule has 0 bridgehead atoms. The van der Waals surface area contributed by atoms with Gasteiger partial charge in [0.15, 0.2) is 0 Å². The van der Waals surface area contributed by atoms with Gasteiger partial charge >= 0.3 is 48.3 Å². The van der Waals surface area contributed by atoms with Crippen molar-refractivity contribution >= 4 is 29.7 Å². The predicted octanol–water partition coefficient (Wildman–Crippen LogP) is -0.143. The highest BCUT2D eigenvalue weighted by Gasteiger charge is 2.39. The van der Waals surface area contributed by atoms with E-state index >= 15 is 0 Å². The molecule has 0 rings (SSSR count). The number of primary amides is 2. The molecule has 0 aliphatic rings. The van der Waals surface area contributed by atoms with Gasteiger partial charge in [0, 0.05) is 0 Å². The van der Waals surface area contributed by atoms with Crippen molar-refractivity contribution in [2.24, 2.45) is 11.5 Å². The summed E-state index contributed by atoms with van der Waals surface area (Å²) >= 11 is 0. The molecule has 0 aromatic heterocycles. The van der Waals surface area contributed by atoms with E-state index in [9.17, 15) is 49.1 Å². The van der Waals surface area contributed by atoms with E-state index in [0.29, 0.717) is 0 Å². The third-order valence-corrected chi connectivity index (χ3v) is 0.970. The lowest BCUT2D eigenvalue weighted by molar-refractivity contribution is -0.193. The molecule has 160 valence electrons. The number of halogens is 9. The van der Waals surface area contributed by atoms with Crippen LogP contribution in [0.2, 0.25) is 0 Å². The Labute approximate surface area is 140 Å². The van der Waals surface area contributed by atoms with Gasteiger partial charge in [-0.05, 0) is 0 Å². The van der Waals surface area contributed by atoms with Crippen LogP contribution in [0.1, 0.15) is 0 Å². The summed E-state index contributed by atoms with van der Waals surface area (Å²) in [5.74, 6) is -10.5. The number of rotatable bonds is 0. The van der Waals surface area contributed by atoms with E-state index < -0.39 is 48.3 Å². The Bertz CT molecular complexity index is 468. The van der Waals surface area contributed by atoms with E-state index in [1.165, 1.54) is 0 Å². The largest absolute Gasteiger partial charge is 0.490 e. The normalized spacial score (nSPS) is 10.4. The summed E-state index contributed by atoms with van der Waals surface area (Å²) < 4.78 is 95.2. The van der Waals surface area contributed by atoms with Gasteiger partial charge < -0.3 is 26.8 Å². The number of alkyl halides is 9. The number of aliphatic carboxylic acids is 3. The van der Waals surface area contributed by atoms with E-state index in [1.54, 1.807) is 0 Å². The summed E-state index contributed by atoms with van der Waals surface area (Å²) in [6, 6.07) is 0. The molecule has 0 atom stereocenters. The third-order valence-electron chi connectivity index (χ3n) is 0.970. The van der Waals surface area contributed by atoms with Crippen LogP contribution >= 0.6 is 0 Å². The maximum absolute atomic E-state index is 10.6. The first-order valence-electron chi connectivity index (χ1n) is 4.97. The number of hydrogen-bond acceptors (Lipinski definition) is 5. The highest BCUT2D eigenvalue weighted by molar-refractivity contribution is 6.33. The summed E-state index contributed by atoms with van der Waals surface area (Å²) in [6.45, 7) is 0. The Morgan fingerprint density at radius 3 is 0.556 bits per heavy atom. The van der Waals surface area contributed by atoms with Gasteiger partial charge in [-0.15, -0.1) is 0 Å². The van der Waals surface area contributed by atoms with E-state index in [2.05, 4.69) is 11.5 Å². The topological polar surface area (TPSA) is 198 Å². The predicted molar refractivity (Wildman–Crippen MR) is 59.5 cm³/mol. The SMILES string of the molecule is NC(=O)C(N)=O.O=C(O)C(F)(F)F.O=C(O)C(F)(F)F.O=C(O)C(F)(F)F. The Kier molecular flexibility index (Phi) is 14.2. The van der Waals surface area contributed by atoms with E-state index in [0.717, 1.165) is 0 Å². The zero-order valence-electron chi connectivity index (χ0n) is 11.9. The van der Waals surface area contributed by atoms with E-state index in [4.69, 9.17) is 29.7 Å². The highest BCUT2D eigenvalue weighted by atomic mass is 19.4. The van der Waals surface area contributed by atoms with Gasteiger partial charge in [-0.3, -0.25) is 9.59 Å². The van der Waals surface area contributed by atoms with Crippen molar-refractivity contribution in [3.05, 3.63) is 0 Å². The number of carbonyl (C=O) groups excluding carboxylic acids is 2. The Balaban J connectivity index is -0.000000131. The van der Waals surface area contributed by atoms with Crippen LogP contribution in [0.4, 0.5) is 39.5 Å². The quantitative estimate of drug-likeness (QED) is 0.258. The molecular weight excluding hydrogens is 423 g/mol. The molecule has 0 radical (unpaired) electrons. The molecule has 0 saturated carbocycles. The first-order valence-corrected chi connectivity index (χ1v) is 4.97. The van der Waals surface area contributed by atoms with Crippen LogP contribution < -0.4 is 11.5 Å². The molecule has 10 nitrogen and oxygen atoms in total. The van der Waals surface area contributed by atoms with Crippen molar-refractivity contribution < 1.29 is 78.8 Å². The fraction of sp³-hybridized carbons (Fsp3) is 0.375. The van der Waals surface area contributed by atoms with Crippen molar-refractivity contribution in [2.75, 3.05) is 0 Å². The number of amides is 2. The van der Waals surface area contributed by atoms with Gasteiger partial charge in [0.25, 0.3) is 0 Å². The van der Waals surface area contributed by atoms with Crippen LogP contribution in [0.25, 0.3) is 0 Å². The van der Waals surface area contributed by atoms with Crippen molar-refractivity contribution in [1.82, 2.24) is 0 Å².